The number of carbonyl (C=O) groups is 1. The smallest absolute Gasteiger partial charge is 0.323 e. The second-order valence-electron chi connectivity index (χ2n) is 4.45. The Labute approximate surface area is 120 Å². The highest BCUT2D eigenvalue weighted by atomic mass is 19.1. The van der Waals surface area contributed by atoms with Crippen LogP contribution in [-0.4, -0.2) is 18.6 Å². The lowest BCUT2D eigenvalue weighted by Gasteiger charge is -2.08. The van der Waals surface area contributed by atoms with Crippen molar-refractivity contribution in [3.8, 4) is 11.3 Å². The van der Waals surface area contributed by atoms with Crippen LogP contribution < -0.4 is 5.73 Å². The molecule has 1 unspecified atom stereocenters. The molecule has 2 N–H and O–H groups in total. The first-order chi connectivity index (χ1) is 10.0. The van der Waals surface area contributed by atoms with Crippen LogP contribution in [-0.2, 0) is 16.0 Å². The van der Waals surface area contributed by atoms with Crippen molar-refractivity contribution in [2.45, 2.75) is 19.4 Å². The number of carbonyl (C=O) groups excluding carboxylic acids is 1. The van der Waals surface area contributed by atoms with Crippen molar-refractivity contribution >= 4 is 5.97 Å². The van der Waals surface area contributed by atoms with E-state index >= 15 is 0 Å². The molecule has 1 atom stereocenters. The summed E-state index contributed by atoms with van der Waals surface area (Å²) in [6.07, 6.45) is 0.141. The molecule has 1 heterocycles. The molecule has 0 aliphatic rings. The van der Waals surface area contributed by atoms with Gasteiger partial charge in [-0.2, -0.15) is 0 Å². The standard InChI is InChI=1S/C15H15F2NO3/c1-2-20-15(19)13(18)8-10-4-6-14(21-10)11-5-3-9(16)7-12(11)17/h3-7,13H,2,8,18H2,1H3. The van der Waals surface area contributed by atoms with Crippen molar-refractivity contribution < 1.29 is 22.7 Å². The predicted molar refractivity (Wildman–Crippen MR) is 72.4 cm³/mol. The van der Waals surface area contributed by atoms with Gasteiger partial charge in [0.2, 0.25) is 0 Å². The molecule has 112 valence electrons. The summed E-state index contributed by atoms with van der Waals surface area (Å²) in [5, 5.41) is 0. The normalized spacial score (nSPS) is 12.2. The zero-order chi connectivity index (χ0) is 15.4. The topological polar surface area (TPSA) is 65.5 Å². The number of halogens is 2. The van der Waals surface area contributed by atoms with Crippen LogP contribution in [0.4, 0.5) is 8.78 Å². The van der Waals surface area contributed by atoms with E-state index in [1.165, 1.54) is 6.07 Å². The molecule has 0 aliphatic carbocycles. The van der Waals surface area contributed by atoms with Crippen LogP contribution >= 0.6 is 0 Å². The van der Waals surface area contributed by atoms with Crippen LogP contribution in [0, 0.1) is 11.6 Å². The molecule has 1 aromatic carbocycles. The van der Waals surface area contributed by atoms with Gasteiger partial charge in [-0.3, -0.25) is 4.79 Å². The molecule has 1 aromatic heterocycles. The number of hydrogen-bond donors (Lipinski definition) is 1. The van der Waals surface area contributed by atoms with Crippen LogP contribution in [0.2, 0.25) is 0 Å². The Morgan fingerprint density at radius 1 is 1.33 bits per heavy atom. The quantitative estimate of drug-likeness (QED) is 0.861. The van der Waals surface area contributed by atoms with Crippen molar-refractivity contribution in [3.05, 3.63) is 47.7 Å². The van der Waals surface area contributed by atoms with E-state index in [1.807, 2.05) is 0 Å². The highest BCUT2D eigenvalue weighted by Crippen LogP contribution is 2.26. The summed E-state index contributed by atoms with van der Waals surface area (Å²) in [5.41, 5.74) is 5.82. The molecule has 0 spiro atoms. The van der Waals surface area contributed by atoms with Gasteiger partial charge in [-0.1, -0.05) is 0 Å². The van der Waals surface area contributed by atoms with Crippen molar-refractivity contribution in [2.24, 2.45) is 5.73 Å². The number of rotatable bonds is 5. The average molecular weight is 295 g/mol. The zero-order valence-electron chi connectivity index (χ0n) is 11.4. The third-order valence-electron chi connectivity index (χ3n) is 2.87. The minimum Gasteiger partial charge on any atom is -0.465 e. The molecule has 4 nitrogen and oxygen atoms in total. The minimum absolute atomic E-state index is 0.141. The second-order valence-corrected chi connectivity index (χ2v) is 4.45. The van der Waals surface area contributed by atoms with Gasteiger partial charge in [-0.05, 0) is 31.2 Å². The van der Waals surface area contributed by atoms with E-state index in [9.17, 15) is 13.6 Å². The maximum atomic E-state index is 13.6. The number of furan rings is 1. The molecular weight excluding hydrogens is 280 g/mol. The highest BCUT2D eigenvalue weighted by molar-refractivity contribution is 5.75. The molecule has 0 fully saturated rings. The summed E-state index contributed by atoms with van der Waals surface area (Å²) >= 11 is 0. The van der Waals surface area contributed by atoms with Crippen LogP contribution in [0.15, 0.2) is 34.7 Å². The Balaban J connectivity index is 2.13. The third kappa shape index (κ3) is 3.66. The fraction of sp³-hybridized carbons (Fsp3) is 0.267. The second kappa shape index (κ2) is 6.49. The van der Waals surface area contributed by atoms with Crippen molar-refractivity contribution in [1.82, 2.24) is 0 Å². The van der Waals surface area contributed by atoms with Crippen LogP contribution in [0.25, 0.3) is 11.3 Å². The van der Waals surface area contributed by atoms with E-state index in [2.05, 4.69) is 0 Å². The Bertz CT molecular complexity index is 640. The maximum absolute atomic E-state index is 13.6. The number of nitrogens with two attached hydrogens (primary N) is 1. The van der Waals surface area contributed by atoms with Gasteiger partial charge in [-0.25, -0.2) is 8.78 Å². The van der Waals surface area contributed by atoms with Crippen LogP contribution in [0.1, 0.15) is 12.7 Å². The van der Waals surface area contributed by atoms with Gasteiger partial charge in [0, 0.05) is 12.5 Å². The largest absolute Gasteiger partial charge is 0.465 e. The summed E-state index contributed by atoms with van der Waals surface area (Å²) in [6, 6.07) is 5.51. The fourth-order valence-corrected chi connectivity index (χ4v) is 1.87. The first-order valence-corrected chi connectivity index (χ1v) is 6.47. The first kappa shape index (κ1) is 15.2. The van der Waals surface area contributed by atoms with E-state index < -0.39 is 23.6 Å². The Morgan fingerprint density at radius 2 is 2.10 bits per heavy atom. The van der Waals surface area contributed by atoms with Gasteiger partial charge in [0.05, 0.1) is 12.2 Å². The lowest BCUT2D eigenvalue weighted by atomic mass is 10.1. The Hall–Kier alpha value is -2.21. The summed E-state index contributed by atoms with van der Waals surface area (Å²) in [4.78, 5) is 11.4. The summed E-state index contributed by atoms with van der Waals surface area (Å²) in [7, 11) is 0. The molecule has 0 saturated carbocycles. The van der Waals surface area contributed by atoms with E-state index in [1.54, 1.807) is 19.1 Å². The molecule has 21 heavy (non-hydrogen) atoms. The van der Waals surface area contributed by atoms with E-state index in [-0.39, 0.29) is 24.4 Å². The summed E-state index contributed by atoms with van der Waals surface area (Å²) in [6.45, 7) is 1.93. The first-order valence-electron chi connectivity index (χ1n) is 6.47. The highest BCUT2D eigenvalue weighted by Gasteiger charge is 2.18. The monoisotopic (exact) mass is 295 g/mol. The summed E-state index contributed by atoms with van der Waals surface area (Å²) in [5.74, 6) is -1.23. The number of benzene rings is 1. The molecule has 0 aliphatic heterocycles. The summed E-state index contributed by atoms with van der Waals surface area (Å²) < 4.78 is 36.7. The molecule has 0 amide bonds. The Morgan fingerprint density at radius 3 is 2.76 bits per heavy atom. The van der Waals surface area contributed by atoms with Gasteiger partial charge in [0.15, 0.2) is 0 Å². The van der Waals surface area contributed by atoms with Gasteiger partial charge in [0.25, 0.3) is 0 Å². The van der Waals surface area contributed by atoms with Gasteiger partial charge >= 0.3 is 5.97 Å². The van der Waals surface area contributed by atoms with Crippen molar-refractivity contribution in [2.75, 3.05) is 6.61 Å². The van der Waals surface area contributed by atoms with E-state index in [4.69, 9.17) is 14.9 Å². The molecule has 6 heteroatoms. The molecular formula is C15H15F2NO3. The van der Waals surface area contributed by atoms with Crippen molar-refractivity contribution in [1.29, 1.82) is 0 Å². The SMILES string of the molecule is CCOC(=O)C(N)Cc1ccc(-c2ccc(F)cc2F)o1. The minimum atomic E-state index is -0.845. The molecule has 2 aromatic rings. The van der Waals surface area contributed by atoms with Gasteiger partial charge in [-0.15, -0.1) is 0 Å². The number of hydrogen-bond acceptors (Lipinski definition) is 4. The zero-order valence-corrected chi connectivity index (χ0v) is 11.4. The number of ether oxygens (including phenoxy) is 1. The lowest BCUT2D eigenvalue weighted by molar-refractivity contribution is -0.144. The van der Waals surface area contributed by atoms with Crippen LogP contribution in [0.3, 0.4) is 0 Å². The predicted octanol–water partition coefficient (Wildman–Crippen LogP) is 2.66. The van der Waals surface area contributed by atoms with E-state index in [0.717, 1.165) is 12.1 Å². The molecule has 0 bridgehead atoms. The maximum Gasteiger partial charge on any atom is 0.323 e. The molecule has 2 rings (SSSR count). The molecule has 0 saturated heterocycles. The third-order valence-corrected chi connectivity index (χ3v) is 2.87. The van der Waals surface area contributed by atoms with Gasteiger partial charge < -0.3 is 14.9 Å². The lowest BCUT2D eigenvalue weighted by Crippen LogP contribution is -2.34. The van der Waals surface area contributed by atoms with E-state index in [0.29, 0.717) is 5.76 Å². The van der Waals surface area contributed by atoms with Crippen LogP contribution in [0.5, 0.6) is 0 Å². The fourth-order valence-electron chi connectivity index (χ4n) is 1.87. The Kier molecular flexibility index (Phi) is 4.70. The number of esters is 1. The molecule has 0 radical (unpaired) electrons. The van der Waals surface area contributed by atoms with Crippen molar-refractivity contribution in [3.63, 3.8) is 0 Å². The van der Waals surface area contributed by atoms with Gasteiger partial charge in [0.1, 0.15) is 29.2 Å². The average Bonchev–Trinajstić information content (AvgIpc) is 2.87.